The number of hydrogen-bond acceptors (Lipinski definition) is 3. The third-order valence-corrected chi connectivity index (χ3v) is 6.69. The average molecular weight is 397 g/mol. The average Bonchev–Trinajstić information content (AvgIpc) is 2.68. The Morgan fingerprint density at radius 2 is 2.00 bits per heavy atom. The topological polar surface area (TPSA) is 27.7 Å². The van der Waals surface area contributed by atoms with Crippen LogP contribution in [-0.2, 0) is 14.2 Å². The third kappa shape index (κ3) is 2.08. The van der Waals surface area contributed by atoms with Crippen molar-refractivity contribution in [1.82, 2.24) is 0 Å². The molecule has 0 amide bonds. The van der Waals surface area contributed by atoms with Crippen LogP contribution in [-0.4, -0.2) is 29.2 Å². The first-order chi connectivity index (χ1) is 10.7. The van der Waals surface area contributed by atoms with Gasteiger partial charge in [0.2, 0.25) is 12.0 Å². The second-order valence-electron chi connectivity index (χ2n) is 7.40. The molecule has 130 valence electrons. The zero-order valence-corrected chi connectivity index (χ0v) is 14.7. The van der Waals surface area contributed by atoms with Gasteiger partial charge in [0, 0.05) is 17.7 Å². The Bertz CT molecular complexity index is 563. The minimum Gasteiger partial charge on any atom is -0.456 e. The normalized spacial score (nSPS) is 49.0. The Kier molecular flexibility index (Phi) is 3.44. The number of rotatable bonds is 1. The van der Waals surface area contributed by atoms with Crippen LogP contribution in [0.4, 0.5) is 13.2 Å². The number of ether oxygens (including phenoxy) is 3. The van der Waals surface area contributed by atoms with Crippen molar-refractivity contribution in [2.45, 2.75) is 63.4 Å². The van der Waals surface area contributed by atoms with Crippen LogP contribution in [0.2, 0.25) is 0 Å². The van der Waals surface area contributed by atoms with Gasteiger partial charge in [-0.2, -0.15) is 13.2 Å². The largest absolute Gasteiger partial charge is 0.456 e. The van der Waals surface area contributed by atoms with Gasteiger partial charge >= 0.3 is 6.18 Å². The summed E-state index contributed by atoms with van der Waals surface area (Å²) in [7, 11) is 0. The van der Waals surface area contributed by atoms with Crippen LogP contribution in [0.25, 0.3) is 0 Å². The molecule has 23 heavy (non-hydrogen) atoms. The molecule has 3 fully saturated rings. The smallest absolute Gasteiger partial charge is 0.449 e. The van der Waals surface area contributed by atoms with E-state index in [4.69, 9.17) is 14.2 Å². The van der Waals surface area contributed by atoms with Gasteiger partial charge in [0.15, 0.2) is 5.79 Å². The first kappa shape index (κ1) is 16.2. The summed E-state index contributed by atoms with van der Waals surface area (Å²) < 4.78 is 58.0. The molecule has 0 aromatic carbocycles. The summed E-state index contributed by atoms with van der Waals surface area (Å²) in [5, 5.41) is 0.141. The molecule has 0 aromatic heterocycles. The fourth-order valence-electron chi connectivity index (χ4n) is 5.15. The first-order valence-electron chi connectivity index (χ1n) is 8.12. The summed E-state index contributed by atoms with van der Waals surface area (Å²) in [6, 6.07) is 0. The summed E-state index contributed by atoms with van der Waals surface area (Å²) in [5.41, 5.74) is -0.497. The molecule has 2 saturated heterocycles. The number of hydrogen-bond donors (Lipinski definition) is 0. The maximum Gasteiger partial charge on any atom is 0.449 e. The van der Waals surface area contributed by atoms with Gasteiger partial charge in [0.05, 0.1) is 0 Å². The van der Waals surface area contributed by atoms with Gasteiger partial charge in [-0.15, -0.1) is 0 Å². The minimum atomic E-state index is -4.51. The summed E-state index contributed by atoms with van der Waals surface area (Å²) >= 11 is 3.25. The van der Waals surface area contributed by atoms with Crippen LogP contribution in [0, 0.1) is 17.8 Å². The molecule has 3 nitrogen and oxygen atoms in total. The van der Waals surface area contributed by atoms with E-state index < -0.39 is 29.6 Å². The van der Waals surface area contributed by atoms with Crippen LogP contribution in [0.1, 0.15) is 39.5 Å². The Morgan fingerprint density at radius 1 is 1.26 bits per heavy atom. The molecule has 0 aromatic rings. The monoisotopic (exact) mass is 396 g/mol. The van der Waals surface area contributed by atoms with Crippen molar-refractivity contribution in [2.24, 2.45) is 17.8 Å². The van der Waals surface area contributed by atoms with E-state index in [2.05, 4.69) is 22.9 Å². The van der Waals surface area contributed by atoms with Crippen molar-refractivity contribution >= 4 is 15.9 Å². The molecule has 2 bridgehead atoms. The van der Waals surface area contributed by atoms with Crippen LogP contribution >= 0.6 is 15.9 Å². The highest BCUT2D eigenvalue weighted by Crippen LogP contribution is 2.64. The highest BCUT2D eigenvalue weighted by atomic mass is 79.9. The molecule has 0 radical (unpaired) electrons. The van der Waals surface area contributed by atoms with Crippen molar-refractivity contribution < 1.29 is 27.4 Å². The quantitative estimate of drug-likeness (QED) is 0.610. The highest BCUT2D eigenvalue weighted by Gasteiger charge is 2.72. The summed E-state index contributed by atoms with van der Waals surface area (Å²) in [5.74, 6) is -1.46. The molecule has 6 atom stereocenters. The SMILES string of the molecule is C[C@@H]1CC[C@H]2C(CBr)=C(C(F)(F)F)O[C@@H]3OC4(C)CCC1[C@]32O4. The second-order valence-corrected chi connectivity index (χ2v) is 7.96. The summed E-state index contributed by atoms with van der Waals surface area (Å²) in [6.07, 6.45) is -2.29. The van der Waals surface area contributed by atoms with Crippen molar-refractivity contribution in [3.63, 3.8) is 0 Å². The van der Waals surface area contributed by atoms with Crippen LogP contribution in [0.5, 0.6) is 0 Å². The maximum absolute atomic E-state index is 13.5. The van der Waals surface area contributed by atoms with Gasteiger partial charge in [-0.05, 0) is 43.6 Å². The third-order valence-electron chi connectivity index (χ3n) is 6.09. The zero-order chi connectivity index (χ0) is 16.6. The van der Waals surface area contributed by atoms with E-state index in [0.29, 0.717) is 18.8 Å². The summed E-state index contributed by atoms with van der Waals surface area (Å²) in [4.78, 5) is 0. The van der Waals surface area contributed by atoms with Crippen molar-refractivity contribution in [3.05, 3.63) is 11.3 Å². The van der Waals surface area contributed by atoms with Crippen molar-refractivity contribution in [1.29, 1.82) is 0 Å². The molecule has 1 spiro atoms. The first-order valence-corrected chi connectivity index (χ1v) is 9.24. The van der Waals surface area contributed by atoms with Crippen molar-refractivity contribution in [3.8, 4) is 0 Å². The molecule has 1 saturated carbocycles. The van der Waals surface area contributed by atoms with Crippen molar-refractivity contribution in [2.75, 3.05) is 5.33 Å². The van der Waals surface area contributed by atoms with Gasteiger partial charge in [0.25, 0.3) is 0 Å². The zero-order valence-electron chi connectivity index (χ0n) is 13.1. The fraction of sp³-hybridized carbons (Fsp3) is 0.875. The molecular formula is C16H20BrF3O3. The van der Waals surface area contributed by atoms with E-state index in [9.17, 15) is 13.2 Å². The van der Waals surface area contributed by atoms with Gasteiger partial charge in [-0.1, -0.05) is 22.9 Å². The predicted molar refractivity (Wildman–Crippen MR) is 79.7 cm³/mol. The van der Waals surface area contributed by atoms with E-state index in [1.807, 2.05) is 6.92 Å². The van der Waals surface area contributed by atoms with E-state index in [0.717, 1.165) is 12.8 Å². The lowest BCUT2D eigenvalue weighted by molar-refractivity contribution is -0.248. The molecule has 7 heteroatoms. The second kappa shape index (κ2) is 4.88. The Balaban J connectivity index is 1.87. The van der Waals surface area contributed by atoms with E-state index in [-0.39, 0.29) is 22.7 Å². The molecule has 3 heterocycles. The molecule has 0 N–H and O–H groups in total. The number of allylic oxidation sites excluding steroid dienone is 1. The molecule has 1 aliphatic carbocycles. The highest BCUT2D eigenvalue weighted by molar-refractivity contribution is 9.09. The lowest BCUT2D eigenvalue weighted by atomic mass is 9.58. The molecule has 3 aliphatic heterocycles. The maximum atomic E-state index is 13.5. The number of halogens is 4. The Labute approximate surface area is 141 Å². The van der Waals surface area contributed by atoms with Crippen LogP contribution in [0.3, 0.4) is 0 Å². The summed E-state index contributed by atoms with van der Waals surface area (Å²) in [6.45, 7) is 3.98. The van der Waals surface area contributed by atoms with Gasteiger partial charge in [-0.3, -0.25) is 0 Å². The lowest BCUT2D eigenvalue weighted by Crippen LogP contribution is -2.62. The molecular weight excluding hydrogens is 377 g/mol. The predicted octanol–water partition coefficient (Wildman–Crippen LogP) is 4.51. The Morgan fingerprint density at radius 3 is 2.65 bits per heavy atom. The van der Waals surface area contributed by atoms with Gasteiger partial charge in [-0.25, -0.2) is 0 Å². The molecule has 2 unspecified atom stereocenters. The van der Waals surface area contributed by atoms with Gasteiger partial charge in [0.1, 0.15) is 5.60 Å². The lowest BCUT2D eigenvalue weighted by Gasteiger charge is -2.55. The van der Waals surface area contributed by atoms with E-state index in [1.165, 1.54) is 0 Å². The van der Waals surface area contributed by atoms with Crippen LogP contribution < -0.4 is 0 Å². The van der Waals surface area contributed by atoms with E-state index >= 15 is 0 Å². The fourth-order valence-corrected chi connectivity index (χ4v) is 5.80. The standard InChI is InChI=1S/C16H20BrF3O3/c1-8-3-4-11-9(7-17)12(16(18,19)20)21-13-15(11)10(8)5-6-14(2,22-13)23-15/h8,10-11,13H,3-7H2,1-2H3/t8-,10?,11+,13-,14?,15-/m1/s1. The number of fused-ring (bicyclic) bond motifs is 1. The number of alkyl halides is 4. The van der Waals surface area contributed by atoms with E-state index in [1.54, 1.807) is 0 Å². The Hall–Kier alpha value is -0.270. The minimum absolute atomic E-state index is 0.141. The molecule has 4 rings (SSSR count). The van der Waals surface area contributed by atoms with Gasteiger partial charge < -0.3 is 14.2 Å². The van der Waals surface area contributed by atoms with Crippen LogP contribution in [0.15, 0.2) is 11.3 Å². The molecule has 4 aliphatic rings.